The molecule has 0 aliphatic carbocycles. The van der Waals surface area contributed by atoms with Crippen molar-refractivity contribution in [1.82, 2.24) is 5.32 Å². The van der Waals surface area contributed by atoms with Crippen molar-refractivity contribution in [3.05, 3.63) is 34.9 Å². The van der Waals surface area contributed by atoms with Crippen molar-refractivity contribution in [2.45, 2.75) is 45.5 Å². The lowest BCUT2D eigenvalue weighted by molar-refractivity contribution is -0.0356. The standard InChI is InChI=1S/C17H27ClNO5P/c1-6-25(5,22)24-15(20)14(12-7-9-13(18)10-8-12)11-19-16(21)23-17(2,3)4/h7-10,14-15,20H,6,11H2,1-5H3,(H,19,21). The first-order valence-electron chi connectivity index (χ1n) is 8.09. The molecule has 6 nitrogen and oxygen atoms in total. The predicted molar refractivity (Wildman–Crippen MR) is 99.6 cm³/mol. The number of nitrogens with one attached hydrogen (secondary N) is 1. The van der Waals surface area contributed by atoms with E-state index >= 15 is 0 Å². The second-order valence-electron chi connectivity index (χ2n) is 6.87. The third-order valence-corrected chi connectivity index (χ3v) is 5.48. The summed E-state index contributed by atoms with van der Waals surface area (Å²) in [5.41, 5.74) is 0.0695. The number of carbonyl (C=O) groups excluding carboxylic acids is 1. The van der Waals surface area contributed by atoms with Gasteiger partial charge in [0.1, 0.15) is 5.60 Å². The summed E-state index contributed by atoms with van der Waals surface area (Å²) in [5.74, 6) is -0.621. The number of amides is 1. The van der Waals surface area contributed by atoms with Crippen LogP contribution >= 0.6 is 19.0 Å². The molecule has 0 saturated heterocycles. The van der Waals surface area contributed by atoms with Gasteiger partial charge in [-0.05, 0) is 38.5 Å². The highest BCUT2D eigenvalue weighted by Gasteiger charge is 2.28. The third-order valence-electron chi connectivity index (χ3n) is 3.41. The molecule has 1 aromatic carbocycles. The highest BCUT2D eigenvalue weighted by atomic mass is 35.5. The summed E-state index contributed by atoms with van der Waals surface area (Å²) in [6.07, 6.45) is -1.64. The van der Waals surface area contributed by atoms with Gasteiger partial charge in [0.25, 0.3) is 0 Å². The Bertz CT molecular complexity index is 614. The summed E-state index contributed by atoms with van der Waals surface area (Å²) in [6, 6.07) is 6.80. The van der Waals surface area contributed by atoms with Crippen LogP contribution in [0.4, 0.5) is 4.79 Å². The lowest BCUT2D eigenvalue weighted by Crippen LogP contribution is -2.38. The number of carbonyl (C=O) groups is 1. The molecule has 0 aliphatic heterocycles. The lowest BCUT2D eigenvalue weighted by atomic mass is 9.98. The quantitative estimate of drug-likeness (QED) is 0.537. The van der Waals surface area contributed by atoms with Crippen LogP contribution in [0.3, 0.4) is 0 Å². The fraction of sp³-hybridized carbons (Fsp3) is 0.588. The molecule has 142 valence electrons. The van der Waals surface area contributed by atoms with E-state index in [1.165, 1.54) is 6.66 Å². The maximum Gasteiger partial charge on any atom is 0.407 e. The number of ether oxygens (including phenoxy) is 1. The van der Waals surface area contributed by atoms with E-state index in [0.29, 0.717) is 16.7 Å². The van der Waals surface area contributed by atoms with Crippen molar-refractivity contribution < 1.29 is 23.7 Å². The van der Waals surface area contributed by atoms with Crippen molar-refractivity contribution in [2.24, 2.45) is 0 Å². The molecule has 25 heavy (non-hydrogen) atoms. The van der Waals surface area contributed by atoms with Gasteiger partial charge >= 0.3 is 6.09 Å². The average molecular weight is 392 g/mol. The van der Waals surface area contributed by atoms with Crippen molar-refractivity contribution in [1.29, 1.82) is 0 Å². The summed E-state index contributed by atoms with van der Waals surface area (Å²) in [7, 11) is -2.91. The van der Waals surface area contributed by atoms with E-state index in [4.69, 9.17) is 20.9 Å². The first-order chi connectivity index (χ1) is 11.4. The van der Waals surface area contributed by atoms with Crippen LogP contribution in [0.5, 0.6) is 0 Å². The van der Waals surface area contributed by atoms with Gasteiger partial charge in [0.2, 0.25) is 7.37 Å². The van der Waals surface area contributed by atoms with Gasteiger partial charge in [-0.3, -0.25) is 9.09 Å². The van der Waals surface area contributed by atoms with E-state index in [2.05, 4.69) is 5.32 Å². The number of aliphatic hydroxyl groups excluding tert-OH is 1. The predicted octanol–water partition coefficient (Wildman–Crippen LogP) is 4.21. The average Bonchev–Trinajstić information content (AvgIpc) is 2.47. The lowest BCUT2D eigenvalue weighted by Gasteiger charge is -2.27. The summed E-state index contributed by atoms with van der Waals surface area (Å²) in [6.45, 7) is 8.53. The second kappa shape index (κ2) is 9.04. The normalized spacial score (nSPS) is 16.6. The molecular formula is C17H27ClNO5P. The monoisotopic (exact) mass is 391 g/mol. The van der Waals surface area contributed by atoms with E-state index in [1.54, 1.807) is 52.0 Å². The van der Waals surface area contributed by atoms with Gasteiger partial charge in [0.05, 0.1) is 5.92 Å². The Kier molecular flexibility index (Phi) is 7.94. The number of hydrogen-bond acceptors (Lipinski definition) is 5. The van der Waals surface area contributed by atoms with Crippen molar-refractivity contribution in [2.75, 3.05) is 19.4 Å². The highest BCUT2D eigenvalue weighted by molar-refractivity contribution is 7.58. The minimum atomic E-state index is -2.91. The fourth-order valence-corrected chi connectivity index (χ4v) is 2.86. The molecule has 1 rings (SSSR count). The van der Waals surface area contributed by atoms with E-state index in [1.807, 2.05) is 0 Å². The third kappa shape index (κ3) is 8.23. The molecule has 0 spiro atoms. The van der Waals surface area contributed by atoms with E-state index in [-0.39, 0.29) is 6.54 Å². The van der Waals surface area contributed by atoms with Gasteiger partial charge in [0.15, 0.2) is 6.29 Å². The van der Waals surface area contributed by atoms with Crippen LogP contribution < -0.4 is 5.32 Å². The summed E-state index contributed by atoms with van der Waals surface area (Å²) < 4.78 is 22.7. The van der Waals surface area contributed by atoms with Crippen LogP contribution in [0, 0.1) is 0 Å². The fourth-order valence-electron chi connectivity index (χ4n) is 1.98. The molecule has 3 unspecified atom stereocenters. The number of benzene rings is 1. The Balaban J connectivity index is 2.90. The molecule has 1 amide bonds. The zero-order valence-corrected chi connectivity index (χ0v) is 16.9. The first kappa shape index (κ1) is 22.0. The SMILES string of the molecule is CCP(C)(=O)OC(O)C(CNC(=O)OC(C)(C)C)c1ccc(Cl)cc1. The van der Waals surface area contributed by atoms with Crippen molar-refractivity contribution >= 4 is 25.1 Å². The minimum absolute atomic E-state index is 0.0570. The molecule has 1 aromatic rings. The van der Waals surface area contributed by atoms with Crippen molar-refractivity contribution in [3.8, 4) is 0 Å². The second-order valence-corrected chi connectivity index (χ2v) is 10.2. The van der Waals surface area contributed by atoms with E-state index in [9.17, 15) is 14.5 Å². The molecular weight excluding hydrogens is 365 g/mol. The highest BCUT2D eigenvalue weighted by Crippen LogP contribution is 2.44. The van der Waals surface area contributed by atoms with Gasteiger partial charge in [-0.1, -0.05) is 30.7 Å². The van der Waals surface area contributed by atoms with E-state index < -0.39 is 31.3 Å². The summed E-state index contributed by atoms with van der Waals surface area (Å²) >= 11 is 5.90. The first-order valence-corrected chi connectivity index (χ1v) is 10.7. The number of halogens is 1. The minimum Gasteiger partial charge on any atom is -0.444 e. The van der Waals surface area contributed by atoms with Crippen molar-refractivity contribution in [3.63, 3.8) is 0 Å². The van der Waals surface area contributed by atoms with Gasteiger partial charge in [-0.25, -0.2) is 4.79 Å². The van der Waals surface area contributed by atoms with Crippen LogP contribution in [-0.4, -0.2) is 42.5 Å². The summed E-state index contributed by atoms with van der Waals surface area (Å²) in [4.78, 5) is 11.9. The molecule has 0 radical (unpaired) electrons. The van der Waals surface area contributed by atoms with Crippen LogP contribution in [0.1, 0.15) is 39.2 Å². The molecule has 0 aliphatic rings. The Labute approximate surface area is 154 Å². The largest absolute Gasteiger partial charge is 0.444 e. The zero-order valence-electron chi connectivity index (χ0n) is 15.3. The van der Waals surface area contributed by atoms with Gasteiger partial charge in [0, 0.05) is 24.4 Å². The molecule has 0 heterocycles. The molecule has 0 fully saturated rings. The van der Waals surface area contributed by atoms with Crippen LogP contribution in [0.15, 0.2) is 24.3 Å². The molecule has 0 bridgehead atoms. The molecule has 8 heteroatoms. The number of aliphatic hydroxyl groups is 1. The van der Waals surface area contributed by atoms with Gasteiger partial charge < -0.3 is 15.2 Å². The Morgan fingerprint density at radius 2 is 1.88 bits per heavy atom. The van der Waals surface area contributed by atoms with Crippen LogP contribution in [0.2, 0.25) is 5.02 Å². The topological polar surface area (TPSA) is 84.9 Å². The molecule has 0 aromatic heterocycles. The molecule has 0 saturated carbocycles. The maximum atomic E-state index is 12.2. The van der Waals surface area contributed by atoms with Crippen LogP contribution in [0.25, 0.3) is 0 Å². The van der Waals surface area contributed by atoms with Gasteiger partial charge in [-0.2, -0.15) is 0 Å². The number of hydrogen-bond donors (Lipinski definition) is 2. The Morgan fingerprint density at radius 1 is 1.32 bits per heavy atom. The molecule has 2 N–H and O–H groups in total. The van der Waals surface area contributed by atoms with Crippen LogP contribution in [-0.2, 0) is 13.8 Å². The molecule has 3 atom stereocenters. The zero-order chi connectivity index (χ0) is 19.3. The smallest absolute Gasteiger partial charge is 0.407 e. The maximum absolute atomic E-state index is 12.2. The number of alkyl carbamates (subject to hydrolysis) is 1. The summed E-state index contributed by atoms with van der Waals surface area (Å²) in [5, 5.41) is 13.6. The van der Waals surface area contributed by atoms with Gasteiger partial charge in [-0.15, -0.1) is 0 Å². The number of rotatable bonds is 7. The Morgan fingerprint density at radius 3 is 2.36 bits per heavy atom. The van der Waals surface area contributed by atoms with E-state index in [0.717, 1.165) is 0 Å². The Hall–Kier alpha value is -1.07.